The van der Waals surface area contributed by atoms with Crippen LogP contribution >= 0.6 is 0 Å². The number of rotatable bonds is 6. The zero-order valence-electron chi connectivity index (χ0n) is 14.0. The number of carbonyl (C=O) groups is 1. The summed E-state index contributed by atoms with van der Waals surface area (Å²) in [6.07, 6.45) is 4.37. The van der Waals surface area contributed by atoms with Gasteiger partial charge >= 0.3 is 0 Å². The quantitative estimate of drug-likeness (QED) is 0.880. The van der Waals surface area contributed by atoms with Gasteiger partial charge in [-0.3, -0.25) is 4.79 Å². The molecule has 1 amide bonds. The molecule has 1 aromatic carbocycles. The number of nitrogens with zero attached hydrogens (tertiary/aromatic N) is 1. The van der Waals surface area contributed by atoms with Crippen LogP contribution in [0.3, 0.4) is 0 Å². The Balaban J connectivity index is 1.71. The predicted molar refractivity (Wildman–Crippen MR) is 88.3 cm³/mol. The monoisotopic (exact) mass is 330 g/mol. The number of carbonyl (C=O) groups excluding carboxylic acids is 1. The number of benzene rings is 1. The summed E-state index contributed by atoms with van der Waals surface area (Å²) in [6.45, 7) is 1.98. The first kappa shape index (κ1) is 16.4. The number of nitrogens with one attached hydrogen (secondary N) is 1. The Morgan fingerprint density at radius 2 is 2.00 bits per heavy atom. The van der Waals surface area contributed by atoms with Gasteiger partial charge in [-0.25, -0.2) is 0 Å². The van der Waals surface area contributed by atoms with E-state index in [1.165, 1.54) is 0 Å². The second-order valence-electron chi connectivity index (χ2n) is 5.96. The highest BCUT2D eigenvalue weighted by molar-refractivity contribution is 5.94. The highest BCUT2D eigenvalue weighted by atomic mass is 16.5. The van der Waals surface area contributed by atoms with Crippen LogP contribution in [0.4, 0.5) is 0 Å². The van der Waals surface area contributed by atoms with E-state index in [2.05, 4.69) is 10.5 Å². The van der Waals surface area contributed by atoms with Crippen molar-refractivity contribution in [3.8, 4) is 11.5 Å². The van der Waals surface area contributed by atoms with Gasteiger partial charge in [-0.15, -0.1) is 0 Å². The van der Waals surface area contributed by atoms with Crippen LogP contribution in [0, 0.1) is 6.92 Å². The summed E-state index contributed by atoms with van der Waals surface area (Å²) in [6, 6.07) is 7.62. The van der Waals surface area contributed by atoms with E-state index in [9.17, 15) is 4.79 Å². The molecule has 0 atom stereocenters. The molecular weight excluding hydrogens is 308 g/mol. The van der Waals surface area contributed by atoms with Crippen LogP contribution in [0.15, 0.2) is 28.8 Å². The van der Waals surface area contributed by atoms with Gasteiger partial charge in [0.05, 0.1) is 12.7 Å². The van der Waals surface area contributed by atoms with Gasteiger partial charge in [-0.1, -0.05) is 30.1 Å². The Bertz CT molecular complexity index is 705. The molecule has 3 rings (SSSR count). The summed E-state index contributed by atoms with van der Waals surface area (Å²) in [7, 11) is 1.59. The first-order valence-electron chi connectivity index (χ1n) is 8.21. The van der Waals surface area contributed by atoms with Crippen LogP contribution in [0.1, 0.15) is 47.5 Å². The molecule has 1 N–H and O–H groups in total. The molecule has 0 unspecified atom stereocenters. The molecule has 6 heteroatoms. The summed E-state index contributed by atoms with van der Waals surface area (Å²) < 4.78 is 16.3. The Morgan fingerprint density at radius 3 is 2.71 bits per heavy atom. The van der Waals surface area contributed by atoms with Gasteiger partial charge in [0.2, 0.25) is 0 Å². The fourth-order valence-electron chi connectivity index (χ4n) is 2.95. The molecule has 0 spiro atoms. The van der Waals surface area contributed by atoms with Crippen molar-refractivity contribution in [2.24, 2.45) is 0 Å². The minimum absolute atomic E-state index is 0.197. The SMILES string of the molecule is COc1ccccc1OCc1c(C(=O)NC2CCCC2)noc1C. The van der Waals surface area contributed by atoms with Crippen molar-refractivity contribution < 1.29 is 18.8 Å². The molecule has 1 aromatic heterocycles. The zero-order chi connectivity index (χ0) is 16.9. The summed E-state index contributed by atoms with van der Waals surface area (Å²) in [5.74, 6) is 1.64. The number of aryl methyl sites for hydroxylation is 1. The Kier molecular flexibility index (Phi) is 5.03. The number of aromatic nitrogens is 1. The number of methoxy groups -OCH3 is 1. The van der Waals surface area contributed by atoms with Gasteiger partial charge in [0.1, 0.15) is 12.4 Å². The fraction of sp³-hybridized carbons (Fsp3) is 0.444. The molecule has 6 nitrogen and oxygen atoms in total. The van der Waals surface area contributed by atoms with Gasteiger partial charge in [-0.2, -0.15) is 0 Å². The first-order chi connectivity index (χ1) is 11.7. The summed E-state index contributed by atoms with van der Waals surface area (Å²) in [4.78, 5) is 12.5. The number of hydrogen-bond acceptors (Lipinski definition) is 5. The standard InChI is InChI=1S/C18H22N2O4/c1-12-14(11-23-16-10-6-5-9-15(16)22-2)17(20-24-12)18(21)19-13-7-3-4-8-13/h5-6,9-10,13H,3-4,7-8,11H2,1-2H3,(H,19,21). The maximum atomic E-state index is 12.5. The predicted octanol–water partition coefficient (Wildman–Crippen LogP) is 3.24. The van der Waals surface area contributed by atoms with Crippen LogP contribution in [-0.4, -0.2) is 24.2 Å². The number of hydrogen-bond donors (Lipinski definition) is 1. The summed E-state index contributed by atoms with van der Waals surface area (Å²) in [5.41, 5.74) is 0.964. The molecule has 1 fully saturated rings. The maximum absolute atomic E-state index is 12.5. The van der Waals surface area contributed by atoms with Crippen LogP contribution in [0.25, 0.3) is 0 Å². The van der Waals surface area contributed by atoms with Crippen LogP contribution in [0.2, 0.25) is 0 Å². The second-order valence-corrected chi connectivity index (χ2v) is 5.96. The lowest BCUT2D eigenvalue weighted by Gasteiger charge is -2.12. The van der Waals surface area contributed by atoms with E-state index in [0.29, 0.717) is 28.5 Å². The lowest BCUT2D eigenvalue weighted by Crippen LogP contribution is -2.33. The van der Waals surface area contributed by atoms with E-state index >= 15 is 0 Å². The summed E-state index contributed by atoms with van der Waals surface area (Å²) in [5, 5.41) is 6.94. The van der Waals surface area contributed by atoms with Crippen LogP contribution in [-0.2, 0) is 6.61 Å². The molecule has 1 heterocycles. The molecule has 0 aliphatic heterocycles. The Labute approximate surface area is 141 Å². The molecule has 1 saturated carbocycles. The van der Waals surface area contributed by atoms with Crippen molar-refractivity contribution in [1.82, 2.24) is 10.5 Å². The van der Waals surface area contributed by atoms with Crippen molar-refractivity contribution >= 4 is 5.91 Å². The van der Waals surface area contributed by atoms with Gasteiger partial charge in [0.15, 0.2) is 17.2 Å². The van der Waals surface area contributed by atoms with Crippen molar-refractivity contribution in [2.75, 3.05) is 7.11 Å². The molecular formula is C18H22N2O4. The smallest absolute Gasteiger partial charge is 0.274 e. The largest absolute Gasteiger partial charge is 0.493 e. The zero-order valence-corrected chi connectivity index (χ0v) is 14.0. The summed E-state index contributed by atoms with van der Waals surface area (Å²) >= 11 is 0. The van der Waals surface area contributed by atoms with Crippen molar-refractivity contribution in [3.05, 3.63) is 41.3 Å². The van der Waals surface area contributed by atoms with Crippen LogP contribution in [0.5, 0.6) is 11.5 Å². The van der Waals surface area contributed by atoms with E-state index in [0.717, 1.165) is 25.7 Å². The van der Waals surface area contributed by atoms with Crippen molar-refractivity contribution in [3.63, 3.8) is 0 Å². The molecule has 128 valence electrons. The van der Waals surface area contributed by atoms with Gasteiger partial charge in [0, 0.05) is 6.04 Å². The lowest BCUT2D eigenvalue weighted by atomic mass is 10.1. The van der Waals surface area contributed by atoms with E-state index in [-0.39, 0.29) is 18.6 Å². The first-order valence-corrected chi connectivity index (χ1v) is 8.21. The fourth-order valence-corrected chi connectivity index (χ4v) is 2.95. The average molecular weight is 330 g/mol. The Hall–Kier alpha value is -2.50. The van der Waals surface area contributed by atoms with E-state index in [1.807, 2.05) is 24.3 Å². The van der Waals surface area contributed by atoms with Crippen molar-refractivity contribution in [1.29, 1.82) is 0 Å². The van der Waals surface area contributed by atoms with Gasteiger partial charge in [0.25, 0.3) is 5.91 Å². The molecule has 0 saturated heterocycles. The molecule has 1 aliphatic rings. The normalized spacial score (nSPS) is 14.6. The number of para-hydroxylation sites is 2. The van der Waals surface area contributed by atoms with Gasteiger partial charge < -0.3 is 19.3 Å². The highest BCUT2D eigenvalue weighted by Crippen LogP contribution is 2.27. The van der Waals surface area contributed by atoms with Gasteiger partial charge in [-0.05, 0) is 31.9 Å². The van der Waals surface area contributed by atoms with Crippen molar-refractivity contribution in [2.45, 2.75) is 45.3 Å². The highest BCUT2D eigenvalue weighted by Gasteiger charge is 2.24. The number of amides is 1. The lowest BCUT2D eigenvalue weighted by molar-refractivity contribution is 0.0926. The minimum Gasteiger partial charge on any atom is -0.493 e. The van der Waals surface area contributed by atoms with E-state index < -0.39 is 0 Å². The second kappa shape index (κ2) is 7.38. The molecule has 2 aromatic rings. The average Bonchev–Trinajstić information content (AvgIpc) is 3.23. The maximum Gasteiger partial charge on any atom is 0.274 e. The topological polar surface area (TPSA) is 73.6 Å². The van der Waals surface area contributed by atoms with Crippen LogP contribution < -0.4 is 14.8 Å². The molecule has 24 heavy (non-hydrogen) atoms. The third-order valence-corrected chi connectivity index (χ3v) is 4.33. The van der Waals surface area contributed by atoms with E-state index in [4.69, 9.17) is 14.0 Å². The van der Waals surface area contributed by atoms with E-state index in [1.54, 1.807) is 14.0 Å². The Morgan fingerprint density at radius 1 is 1.29 bits per heavy atom. The third kappa shape index (κ3) is 3.53. The molecule has 0 bridgehead atoms. The molecule has 0 radical (unpaired) electrons. The number of ether oxygens (including phenoxy) is 2. The molecule has 1 aliphatic carbocycles. The third-order valence-electron chi connectivity index (χ3n) is 4.33. The minimum atomic E-state index is -0.197.